The minimum Gasteiger partial charge on any atom is -0.0915 e. The van der Waals surface area contributed by atoms with Crippen LogP contribution in [0.2, 0.25) is 0 Å². The van der Waals surface area contributed by atoms with Crippen LogP contribution in [0.1, 0.15) is 20.8 Å². The fourth-order valence-electron chi connectivity index (χ4n) is 1.05. The number of rotatable bonds is 0. The predicted octanol–water partition coefficient (Wildman–Crippen LogP) is 3.64. The Kier molecular flexibility index (Phi) is 2.37. The Morgan fingerprint density at radius 2 is 1.92 bits per heavy atom. The lowest BCUT2D eigenvalue weighted by molar-refractivity contribution is 0.625. The van der Waals surface area contributed by atoms with Crippen LogP contribution in [-0.4, -0.2) is 0 Å². The molecule has 0 aromatic rings. The van der Waals surface area contributed by atoms with Crippen LogP contribution in [-0.2, 0) is 0 Å². The van der Waals surface area contributed by atoms with E-state index in [0.29, 0.717) is 0 Å². The van der Waals surface area contributed by atoms with Gasteiger partial charge in [-0.05, 0) is 18.1 Å². The molecule has 1 aliphatic carbocycles. The van der Waals surface area contributed by atoms with Gasteiger partial charge in [-0.3, -0.25) is 0 Å². The van der Waals surface area contributed by atoms with Gasteiger partial charge in [-0.2, -0.15) is 0 Å². The van der Waals surface area contributed by atoms with Gasteiger partial charge in [0.15, 0.2) is 0 Å². The van der Waals surface area contributed by atoms with Crippen LogP contribution >= 0.6 is 0 Å². The van der Waals surface area contributed by atoms with E-state index in [2.05, 4.69) is 57.7 Å². The van der Waals surface area contributed by atoms with Gasteiger partial charge in [-0.15, -0.1) is 0 Å². The van der Waals surface area contributed by atoms with Crippen molar-refractivity contribution in [2.45, 2.75) is 20.8 Å². The molecule has 0 aromatic carbocycles. The lowest BCUT2D eigenvalue weighted by Gasteiger charge is -2.16. The SMILES string of the molecule is C=C1/C=C\C(C)(C)/C=C\C=C/1C. The molecule has 0 spiro atoms. The number of hydrogen-bond acceptors (Lipinski definition) is 0. The molecule has 0 nitrogen and oxygen atoms in total. The molecule has 1 aliphatic rings. The fourth-order valence-corrected chi connectivity index (χ4v) is 1.05. The van der Waals surface area contributed by atoms with E-state index in [1.54, 1.807) is 0 Å². The average molecular weight is 160 g/mol. The lowest BCUT2D eigenvalue weighted by Crippen LogP contribution is -2.03. The highest BCUT2D eigenvalue weighted by Gasteiger charge is 2.09. The molecule has 12 heavy (non-hydrogen) atoms. The third kappa shape index (κ3) is 2.23. The van der Waals surface area contributed by atoms with Gasteiger partial charge in [0.1, 0.15) is 0 Å². The van der Waals surface area contributed by atoms with Gasteiger partial charge in [0.25, 0.3) is 0 Å². The number of hydrogen-bond donors (Lipinski definition) is 0. The Morgan fingerprint density at radius 1 is 1.25 bits per heavy atom. The van der Waals surface area contributed by atoms with Gasteiger partial charge in [0.05, 0.1) is 0 Å². The molecular formula is C12H16. The van der Waals surface area contributed by atoms with Crippen molar-refractivity contribution in [1.82, 2.24) is 0 Å². The summed E-state index contributed by atoms with van der Waals surface area (Å²) in [5, 5.41) is 0. The summed E-state index contributed by atoms with van der Waals surface area (Å²) in [5.74, 6) is 0. The molecule has 64 valence electrons. The van der Waals surface area contributed by atoms with Gasteiger partial charge < -0.3 is 0 Å². The van der Waals surface area contributed by atoms with E-state index >= 15 is 0 Å². The van der Waals surface area contributed by atoms with Crippen molar-refractivity contribution in [3.8, 4) is 0 Å². The first-order chi connectivity index (χ1) is 5.51. The van der Waals surface area contributed by atoms with Crippen LogP contribution in [0.5, 0.6) is 0 Å². The van der Waals surface area contributed by atoms with Gasteiger partial charge in [-0.25, -0.2) is 0 Å². The molecule has 1 rings (SSSR count). The summed E-state index contributed by atoms with van der Waals surface area (Å²) in [6.45, 7) is 10.4. The second-order valence-electron chi connectivity index (χ2n) is 3.89. The van der Waals surface area contributed by atoms with E-state index in [1.807, 2.05) is 0 Å². The van der Waals surface area contributed by atoms with Crippen molar-refractivity contribution in [2.24, 2.45) is 5.41 Å². The lowest BCUT2D eigenvalue weighted by atomic mass is 9.89. The molecule has 0 amide bonds. The van der Waals surface area contributed by atoms with Gasteiger partial charge in [0.2, 0.25) is 0 Å². The largest absolute Gasteiger partial charge is 0.0915 e. The van der Waals surface area contributed by atoms with Crippen molar-refractivity contribution in [3.63, 3.8) is 0 Å². The molecule has 0 heteroatoms. The Balaban J connectivity index is 3.03. The van der Waals surface area contributed by atoms with Crippen molar-refractivity contribution in [1.29, 1.82) is 0 Å². The van der Waals surface area contributed by atoms with Gasteiger partial charge in [-0.1, -0.05) is 50.8 Å². The van der Waals surface area contributed by atoms with Crippen LogP contribution in [0.4, 0.5) is 0 Å². The molecular weight excluding hydrogens is 144 g/mol. The first-order valence-electron chi connectivity index (χ1n) is 4.26. The first kappa shape index (κ1) is 9.05. The summed E-state index contributed by atoms with van der Waals surface area (Å²) in [4.78, 5) is 0. The first-order valence-corrected chi connectivity index (χ1v) is 4.26. The molecule has 0 aromatic heterocycles. The van der Waals surface area contributed by atoms with E-state index in [-0.39, 0.29) is 5.41 Å². The predicted molar refractivity (Wildman–Crippen MR) is 55.0 cm³/mol. The van der Waals surface area contributed by atoms with E-state index in [9.17, 15) is 0 Å². The Bertz CT molecular complexity index is 272. The summed E-state index contributed by atoms with van der Waals surface area (Å²) in [7, 11) is 0. The molecule has 0 atom stereocenters. The van der Waals surface area contributed by atoms with Crippen LogP contribution in [0.25, 0.3) is 0 Å². The fraction of sp³-hybridized carbons (Fsp3) is 0.333. The second kappa shape index (κ2) is 3.14. The highest BCUT2D eigenvalue weighted by Crippen LogP contribution is 2.23. The summed E-state index contributed by atoms with van der Waals surface area (Å²) in [5.41, 5.74) is 2.49. The molecule has 0 aliphatic heterocycles. The number of allylic oxidation sites excluding steroid dienone is 7. The smallest absolute Gasteiger partial charge is 0.00108 e. The zero-order valence-electron chi connectivity index (χ0n) is 8.09. The minimum absolute atomic E-state index is 0.153. The molecule has 0 radical (unpaired) electrons. The van der Waals surface area contributed by atoms with Crippen LogP contribution in [0, 0.1) is 5.41 Å². The van der Waals surface area contributed by atoms with Crippen LogP contribution in [0.15, 0.2) is 48.1 Å². The summed E-state index contributed by atoms with van der Waals surface area (Å²) >= 11 is 0. The minimum atomic E-state index is 0.153. The maximum absolute atomic E-state index is 3.97. The monoisotopic (exact) mass is 160 g/mol. The maximum Gasteiger partial charge on any atom is 0.00108 e. The summed E-state index contributed by atoms with van der Waals surface area (Å²) < 4.78 is 0. The van der Waals surface area contributed by atoms with E-state index in [4.69, 9.17) is 0 Å². The average Bonchev–Trinajstić information content (AvgIpc) is 1.98. The van der Waals surface area contributed by atoms with E-state index < -0.39 is 0 Å². The highest BCUT2D eigenvalue weighted by atomic mass is 14.1. The third-order valence-electron chi connectivity index (χ3n) is 2.09. The maximum atomic E-state index is 3.97. The second-order valence-corrected chi connectivity index (χ2v) is 3.89. The Hall–Kier alpha value is -1.04. The van der Waals surface area contributed by atoms with Crippen molar-refractivity contribution in [2.75, 3.05) is 0 Å². The Labute approximate surface area is 75.0 Å². The van der Waals surface area contributed by atoms with E-state index in [0.717, 1.165) is 5.57 Å². The third-order valence-corrected chi connectivity index (χ3v) is 2.09. The summed E-state index contributed by atoms with van der Waals surface area (Å²) in [6.07, 6.45) is 10.7. The van der Waals surface area contributed by atoms with Crippen LogP contribution in [0.3, 0.4) is 0 Å². The molecule has 0 bridgehead atoms. The quantitative estimate of drug-likeness (QED) is 0.507. The zero-order chi connectivity index (χ0) is 9.19. The molecule has 0 N–H and O–H groups in total. The van der Waals surface area contributed by atoms with Crippen molar-refractivity contribution >= 4 is 0 Å². The molecule has 0 unspecified atom stereocenters. The molecule has 0 heterocycles. The molecule has 0 fully saturated rings. The van der Waals surface area contributed by atoms with Gasteiger partial charge >= 0.3 is 0 Å². The van der Waals surface area contributed by atoms with Crippen molar-refractivity contribution < 1.29 is 0 Å². The van der Waals surface area contributed by atoms with Crippen LogP contribution < -0.4 is 0 Å². The molecule has 0 saturated heterocycles. The molecule has 0 saturated carbocycles. The van der Waals surface area contributed by atoms with Crippen molar-refractivity contribution in [3.05, 3.63) is 48.1 Å². The normalized spacial score (nSPS) is 31.2. The Morgan fingerprint density at radius 3 is 2.58 bits per heavy atom. The summed E-state index contributed by atoms with van der Waals surface area (Å²) in [6, 6.07) is 0. The zero-order valence-corrected chi connectivity index (χ0v) is 8.09. The van der Waals surface area contributed by atoms with E-state index in [1.165, 1.54) is 5.57 Å². The highest BCUT2D eigenvalue weighted by molar-refractivity contribution is 5.40. The standard InChI is InChI=1S/C12H16/c1-10-6-5-8-12(3,4)9-7-11(10)2/h5-9H,2H2,1,3-4H3/b8-5-,9-7-,10-6-. The van der Waals surface area contributed by atoms with Gasteiger partial charge in [0, 0.05) is 5.41 Å². The topological polar surface area (TPSA) is 0 Å².